The minimum Gasteiger partial charge on any atom is -0.351 e. The first kappa shape index (κ1) is 17.2. The summed E-state index contributed by atoms with van der Waals surface area (Å²) in [4.78, 5) is 0. The van der Waals surface area contributed by atoms with Crippen LogP contribution in [-0.2, 0) is 0 Å². The van der Waals surface area contributed by atoms with E-state index in [1.54, 1.807) is 12.1 Å². The van der Waals surface area contributed by atoms with E-state index in [1.165, 1.54) is 0 Å². The predicted molar refractivity (Wildman–Crippen MR) is 80.5 cm³/mol. The van der Waals surface area contributed by atoms with Gasteiger partial charge in [-0.25, -0.2) is 13.2 Å². The first-order chi connectivity index (χ1) is 10.8. The van der Waals surface area contributed by atoms with E-state index in [0.717, 1.165) is 6.07 Å². The van der Waals surface area contributed by atoms with Crippen LogP contribution in [0.3, 0.4) is 0 Å². The number of benzene rings is 2. The van der Waals surface area contributed by atoms with Crippen LogP contribution in [0, 0.1) is 40.1 Å². The van der Waals surface area contributed by atoms with E-state index in [4.69, 9.17) is 45.3 Å². The third-order valence-electron chi connectivity index (χ3n) is 2.84. The maximum Gasteiger partial charge on any atom is 0.196 e. The molecule has 0 aliphatic rings. The van der Waals surface area contributed by atoms with Crippen LogP contribution in [0.4, 0.5) is 24.5 Å². The molecule has 1 N–H and O–H groups in total. The summed E-state index contributed by atoms with van der Waals surface area (Å²) in [5, 5.41) is 19.6. The van der Waals surface area contributed by atoms with Crippen LogP contribution >= 0.6 is 34.8 Å². The maximum atomic E-state index is 13.7. The van der Waals surface area contributed by atoms with Crippen LogP contribution in [0.5, 0.6) is 0 Å². The Morgan fingerprint density at radius 3 is 2.00 bits per heavy atom. The van der Waals surface area contributed by atoms with E-state index in [9.17, 15) is 13.2 Å². The van der Waals surface area contributed by atoms with Gasteiger partial charge in [0.2, 0.25) is 0 Å². The van der Waals surface area contributed by atoms with E-state index in [-0.39, 0.29) is 31.9 Å². The molecule has 2 aromatic carbocycles. The van der Waals surface area contributed by atoms with Crippen molar-refractivity contribution in [3.05, 3.63) is 55.8 Å². The SMILES string of the molecule is N#Cc1c(Cl)c(Cl)c(Nc2ccc(F)c(F)c2F)c(C#N)c1Cl. The fourth-order valence-electron chi connectivity index (χ4n) is 1.74. The van der Waals surface area contributed by atoms with E-state index in [0.29, 0.717) is 6.07 Å². The van der Waals surface area contributed by atoms with Crippen LogP contribution in [0.1, 0.15) is 11.1 Å². The quantitative estimate of drug-likeness (QED) is 0.552. The van der Waals surface area contributed by atoms with Gasteiger partial charge in [-0.2, -0.15) is 10.5 Å². The van der Waals surface area contributed by atoms with Crippen molar-refractivity contribution in [1.29, 1.82) is 10.5 Å². The van der Waals surface area contributed by atoms with Crippen molar-refractivity contribution in [2.75, 3.05) is 5.32 Å². The Balaban J connectivity index is 2.69. The lowest BCUT2D eigenvalue weighted by molar-refractivity contribution is 0.449. The highest BCUT2D eigenvalue weighted by molar-refractivity contribution is 6.46. The monoisotopic (exact) mass is 375 g/mol. The van der Waals surface area contributed by atoms with E-state index in [1.807, 2.05) is 0 Å². The molecule has 0 saturated heterocycles. The fraction of sp³-hybridized carbons (Fsp3) is 0. The molecule has 2 rings (SSSR count). The molecule has 0 bridgehead atoms. The van der Waals surface area contributed by atoms with Gasteiger partial charge in [-0.1, -0.05) is 34.8 Å². The molecule has 0 spiro atoms. The molecule has 0 aliphatic carbocycles. The molecule has 0 aliphatic heterocycles. The Bertz CT molecular complexity index is 901. The molecule has 0 aromatic heterocycles. The zero-order chi connectivity index (χ0) is 17.3. The number of nitriles is 2. The lowest BCUT2D eigenvalue weighted by atomic mass is 10.1. The van der Waals surface area contributed by atoms with Crippen LogP contribution in [-0.4, -0.2) is 0 Å². The van der Waals surface area contributed by atoms with Gasteiger partial charge in [0.15, 0.2) is 17.5 Å². The van der Waals surface area contributed by atoms with Crippen LogP contribution in [0.25, 0.3) is 0 Å². The zero-order valence-corrected chi connectivity index (χ0v) is 13.1. The maximum absolute atomic E-state index is 13.7. The number of hydrogen-bond acceptors (Lipinski definition) is 3. The number of nitrogens with one attached hydrogen (secondary N) is 1. The minimum absolute atomic E-state index is 0.229. The summed E-state index contributed by atoms with van der Waals surface area (Å²) in [6.45, 7) is 0. The smallest absolute Gasteiger partial charge is 0.196 e. The summed E-state index contributed by atoms with van der Waals surface area (Å²) in [6.07, 6.45) is 0. The second kappa shape index (κ2) is 6.55. The molecule has 0 amide bonds. The number of nitrogens with zero attached hydrogens (tertiary/aromatic N) is 2. The second-order valence-electron chi connectivity index (χ2n) is 4.14. The molecule has 23 heavy (non-hydrogen) atoms. The number of halogens is 6. The van der Waals surface area contributed by atoms with Crippen LogP contribution in [0.15, 0.2) is 12.1 Å². The highest BCUT2D eigenvalue weighted by Gasteiger charge is 2.23. The van der Waals surface area contributed by atoms with E-state index >= 15 is 0 Å². The molecule has 0 saturated carbocycles. The lowest BCUT2D eigenvalue weighted by Gasteiger charge is -2.15. The average molecular weight is 377 g/mol. The van der Waals surface area contributed by atoms with Gasteiger partial charge in [0.1, 0.15) is 12.1 Å². The van der Waals surface area contributed by atoms with Gasteiger partial charge in [0, 0.05) is 0 Å². The first-order valence-electron chi connectivity index (χ1n) is 5.74. The van der Waals surface area contributed by atoms with Crippen LogP contribution in [0.2, 0.25) is 15.1 Å². The number of hydrogen-bond donors (Lipinski definition) is 1. The zero-order valence-electron chi connectivity index (χ0n) is 10.8. The number of rotatable bonds is 2. The van der Waals surface area contributed by atoms with Gasteiger partial charge in [0.05, 0.1) is 37.6 Å². The van der Waals surface area contributed by atoms with Crippen molar-refractivity contribution in [3.63, 3.8) is 0 Å². The van der Waals surface area contributed by atoms with Gasteiger partial charge in [-0.05, 0) is 12.1 Å². The average Bonchev–Trinajstić information content (AvgIpc) is 2.53. The predicted octanol–water partition coefficient (Wildman–Crippen LogP) is 5.55. The van der Waals surface area contributed by atoms with Gasteiger partial charge in [-0.3, -0.25) is 0 Å². The summed E-state index contributed by atoms with van der Waals surface area (Å²) >= 11 is 17.7. The van der Waals surface area contributed by atoms with Crippen molar-refractivity contribution in [1.82, 2.24) is 0 Å². The van der Waals surface area contributed by atoms with E-state index in [2.05, 4.69) is 5.32 Å². The summed E-state index contributed by atoms with van der Waals surface area (Å²) < 4.78 is 40.0. The summed E-state index contributed by atoms with van der Waals surface area (Å²) in [5.74, 6) is -4.59. The van der Waals surface area contributed by atoms with Crippen molar-refractivity contribution in [3.8, 4) is 12.1 Å². The standard InChI is InChI=1S/C14H3Cl3F3N3/c15-9-5(3-21)10(16)11(17)14(6(9)4-22)23-8-2-1-7(18)12(19)13(8)20/h1-2,23H. The van der Waals surface area contributed by atoms with Gasteiger partial charge in [0.25, 0.3) is 0 Å². The van der Waals surface area contributed by atoms with E-state index < -0.39 is 23.1 Å². The Labute approximate surface area is 143 Å². The summed E-state index contributed by atoms with van der Waals surface area (Å²) in [5.41, 5.74) is -1.24. The number of anilines is 2. The normalized spacial score (nSPS) is 10.1. The van der Waals surface area contributed by atoms with Gasteiger partial charge < -0.3 is 5.32 Å². The molecule has 0 unspecified atom stereocenters. The topological polar surface area (TPSA) is 59.6 Å². The molecular formula is C14H3Cl3F3N3. The highest BCUT2D eigenvalue weighted by atomic mass is 35.5. The van der Waals surface area contributed by atoms with Crippen LogP contribution < -0.4 is 5.32 Å². The summed E-state index contributed by atoms with van der Waals surface area (Å²) in [6, 6.07) is 4.98. The first-order valence-corrected chi connectivity index (χ1v) is 6.88. The molecule has 3 nitrogen and oxygen atoms in total. The Morgan fingerprint density at radius 1 is 0.826 bits per heavy atom. The van der Waals surface area contributed by atoms with Crippen molar-refractivity contribution in [2.45, 2.75) is 0 Å². The van der Waals surface area contributed by atoms with Crippen molar-refractivity contribution in [2.24, 2.45) is 0 Å². The molecule has 2 aromatic rings. The Kier molecular flexibility index (Phi) is 4.91. The Morgan fingerprint density at radius 2 is 1.43 bits per heavy atom. The van der Waals surface area contributed by atoms with Crippen molar-refractivity contribution < 1.29 is 13.2 Å². The minimum atomic E-state index is -1.70. The summed E-state index contributed by atoms with van der Waals surface area (Å²) in [7, 11) is 0. The molecule has 0 fully saturated rings. The fourth-order valence-corrected chi connectivity index (χ4v) is 2.53. The second-order valence-corrected chi connectivity index (χ2v) is 5.27. The van der Waals surface area contributed by atoms with Gasteiger partial charge >= 0.3 is 0 Å². The molecular weight excluding hydrogens is 374 g/mol. The molecule has 0 radical (unpaired) electrons. The third-order valence-corrected chi connectivity index (χ3v) is 4.07. The molecule has 0 atom stereocenters. The third kappa shape index (κ3) is 2.89. The largest absolute Gasteiger partial charge is 0.351 e. The molecule has 9 heteroatoms. The lowest BCUT2D eigenvalue weighted by Crippen LogP contribution is -2.02. The Hall–Kier alpha value is -2.12. The molecule has 0 heterocycles. The highest BCUT2D eigenvalue weighted by Crippen LogP contribution is 2.42. The molecule has 116 valence electrons. The van der Waals surface area contributed by atoms with Gasteiger partial charge in [-0.15, -0.1) is 0 Å². The van der Waals surface area contributed by atoms with Crippen molar-refractivity contribution >= 4 is 46.2 Å².